The SMILES string of the molecule is CC(C)(C)c1cc(C=Nc2cccc3cccnc23)c(O)c(C(C)(C)C)c1. The van der Waals surface area contributed by atoms with Gasteiger partial charge in [-0.25, -0.2) is 0 Å². The molecule has 3 aromatic rings. The maximum Gasteiger partial charge on any atom is 0.128 e. The van der Waals surface area contributed by atoms with E-state index in [9.17, 15) is 5.11 Å². The summed E-state index contributed by atoms with van der Waals surface area (Å²) in [4.78, 5) is 9.12. The molecule has 3 heteroatoms. The molecular formula is C24H28N2O. The zero-order valence-corrected chi connectivity index (χ0v) is 17.0. The first kappa shape index (κ1) is 19.1. The van der Waals surface area contributed by atoms with E-state index in [1.165, 1.54) is 5.56 Å². The fraction of sp³-hybridized carbons (Fsp3) is 0.333. The molecular weight excluding hydrogens is 332 g/mol. The van der Waals surface area contributed by atoms with Gasteiger partial charge in [0, 0.05) is 28.9 Å². The third-order valence-electron chi connectivity index (χ3n) is 4.77. The van der Waals surface area contributed by atoms with Crippen LogP contribution in [0.25, 0.3) is 10.9 Å². The van der Waals surface area contributed by atoms with Crippen LogP contribution in [0, 0.1) is 0 Å². The van der Waals surface area contributed by atoms with Crippen LogP contribution in [-0.4, -0.2) is 16.3 Å². The lowest BCUT2D eigenvalue weighted by molar-refractivity contribution is 0.444. The van der Waals surface area contributed by atoms with Gasteiger partial charge in [-0.1, -0.05) is 65.8 Å². The van der Waals surface area contributed by atoms with Crippen molar-refractivity contribution in [2.45, 2.75) is 52.4 Å². The van der Waals surface area contributed by atoms with E-state index in [4.69, 9.17) is 0 Å². The molecule has 0 aliphatic rings. The maximum absolute atomic E-state index is 10.9. The highest BCUT2D eigenvalue weighted by Crippen LogP contribution is 2.37. The second-order valence-corrected chi connectivity index (χ2v) is 9.07. The summed E-state index contributed by atoms with van der Waals surface area (Å²) in [6.45, 7) is 12.9. The summed E-state index contributed by atoms with van der Waals surface area (Å²) < 4.78 is 0. The topological polar surface area (TPSA) is 45.5 Å². The number of hydrogen-bond acceptors (Lipinski definition) is 3. The van der Waals surface area contributed by atoms with Gasteiger partial charge in [-0.2, -0.15) is 0 Å². The fourth-order valence-corrected chi connectivity index (χ4v) is 3.09. The average molecular weight is 361 g/mol. The van der Waals surface area contributed by atoms with Crippen LogP contribution in [0.4, 0.5) is 5.69 Å². The van der Waals surface area contributed by atoms with Crippen molar-refractivity contribution in [1.29, 1.82) is 0 Å². The van der Waals surface area contributed by atoms with Crippen molar-refractivity contribution in [2.75, 3.05) is 0 Å². The first-order valence-electron chi connectivity index (χ1n) is 9.33. The first-order chi connectivity index (χ1) is 12.6. The Morgan fingerprint density at radius 3 is 2.30 bits per heavy atom. The summed E-state index contributed by atoms with van der Waals surface area (Å²) in [6, 6.07) is 14.0. The lowest BCUT2D eigenvalue weighted by atomic mass is 9.79. The van der Waals surface area contributed by atoms with Crippen LogP contribution in [0.1, 0.15) is 58.2 Å². The quantitative estimate of drug-likeness (QED) is 0.546. The molecule has 1 aromatic heterocycles. The van der Waals surface area contributed by atoms with E-state index in [0.717, 1.165) is 27.7 Å². The van der Waals surface area contributed by atoms with Gasteiger partial charge in [0.25, 0.3) is 0 Å². The van der Waals surface area contributed by atoms with Gasteiger partial charge in [-0.15, -0.1) is 0 Å². The average Bonchev–Trinajstić information content (AvgIpc) is 2.58. The fourth-order valence-electron chi connectivity index (χ4n) is 3.09. The van der Waals surface area contributed by atoms with E-state index < -0.39 is 0 Å². The summed E-state index contributed by atoms with van der Waals surface area (Å²) in [5, 5.41) is 12.0. The Kier molecular flexibility index (Phi) is 4.81. The number of fused-ring (bicyclic) bond motifs is 1. The van der Waals surface area contributed by atoms with Crippen LogP contribution < -0.4 is 0 Å². The molecule has 27 heavy (non-hydrogen) atoms. The Morgan fingerprint density at radius 1 is 0.926 bits per heavy atom. The number of para-hydroxylation sites is 1. The lowest BCUT2D eigenvalue weighted by Crippen LogP contribution is -2.17. The van der Waals surface area contributed by atoms with E-state index in [2.05, 4.69) is 57.6 Å². The summed E-state index contributed by atoms with van der Waals surface area (Å²) in [7, 11) is 0. The third kappa shape index (κ3) is 4.02. The molecule has 0 amide bonds. The number of pyridine rings is 1. The van der Waals surface area contributed by atoms with Gasteiger partial charge in [-0.3, -0.25) is 9.98 Å². The van der Waals surface area contributed by atoms with Gasteiger partial charge >= 0.3 is 0 Å². The number of aromatic nitrogens is 1. The molecule has 3 nitrogen and oxygen atoms in total. The minimum absolute atomic E-state index is 0.0166. The molecule has 1 N–H and O–H groups in total. The van der Waals surface area contributed by atoms with E-state index >= 15 is 0 Å². The summed E-state index contributed by atoms with van der Waals surface area (Å²) >= 11 is 0. The van der Waals surface area contributed by atoms with Crippen LogP contribution in [0.3, 0.4) is 0 Å². The van der Waals surface area contributed by atoms with Gasteiger partial charge in [0.1, 0.15) is 5.75 Å². The molecule has 140 valence electrons. The molecule has 0 bridgehead atoms. The molecule has 0 aliphatic carbocycles. The minimum Gasteiger partial charge on any atom is -0.507 e. The van der Waals surface area contributed by atoms with Crippen molar-refractivity contribution in [1.82, 2.24) is 4.98 Å². The van der Waals surface area contributed by atoms with Crippen LogP contribution in [0.15, 0.2) is 53.7 Å². The number of phenolic OH excluding ortho intramolecular Hbond substituents is 1. The lowest BCUT2D eigenvalue weighted by Gasteiger charge is -2.27. The smallest absolute Gasteiger partial charge is 0.128 e. The van der Waals surface area contributed by atoms with E-state index in [1.807, 2.05) is 36.4 Å². The largest absolute Gasteiger partial charge is 0.507 e. The second kappa shape index (κ2) is 6.80. The summed E-state index contributed by atoms with van der Waals surface area (Å²) in [5.41, 5.74) is 4.34. The van der Waals surface area contributed by atoms with Crippen LogP contribution in [-0.2, 0) is 10.8 Å². The number of nitrogens with zero attached hydrogens (tertiary/aromatic N) is 2. The molecule has 1 heterocycles. The third-order valence-corrected chi connectivity index (χ3v) is 4.77. The van der Waals surface area contributed by atoms with Gasteiger partial charge in [0.15, 0.2) is 0 Å². The molecule has 0 fully saturated rings. The number of aliphatic imine (C=N–C) groups is 1. The summed E-state index contributed by atoms with van der Waals surface area (Å²) in [5.74, 6) is 0.299. The van der Waals surface area contributed by atoms with Crippen molar-refractivity contribution in [3.05, 3.63) is 65.4 Å². The zero-order valence-electron chi connectivity index (χ0n) is 17.0. The second-order valence-electron chi connectivity index (χ2n) is 9.07. The molecule has 0 unspecified atom stereocenters. The van der Waals surface area contributed by atoms with E-state index in [1.54, 1.807) is 12.4 Å². The highest BCUT2D eigenvalue weighted by Gasteiger charge is 2.24. The molecule has 0 radical (unpaired) electrons. The number of aromatic hydroxyl groups is 1. The maximum atomic E-state index is 10.9. The van der Waals surface area contributed by atoms with Gasteiger partial charge in [0.2, 0.25) is 0 Å². The van der Waals surface area contributed by atoms with Crippen LogP contribution >= 0.6 is 0 Å². The van der Waals surface area contributed by atoms with Crippen molar-refractivity contribution >= 4 is 22.8 Å². The molecule has 0 atom stereocenters. The molecule has 3 rings (SSSR count). The Bertz CT molecular complexity index is 1000. The summed E-state index contributed by atoms with van der Waals surface area (Å²) in [6.07, 6.45) is 3.53. The molecule has 0 saturated carbocycles. The van der Waals surface area contributed by atoms with Crippen molar-refractivity contribution < 1.29 is 5.11 Å². The molecule has 0 spiro atoms. The monoisotopic (exact) mass is 360 g/mol. The van der Waals surface area contributed by atoms with Crippen molar-refractivity contribution in [3.63, 3.8) is 0 Å². The highest BCUT2D eigenvalue weighted by atomic mass is 16.3. The molecule has 0 aliphatic heterocycles. The Morgan fingerprint density at radius 2 is 1.63 bits per heavy atom. The number of phenols is 1. The standard InChI is InChI=1S/C24H28N2O/c1-23(2,3)18-13-17(22(27)19(14-18)24(4,5)6)15-26-20-11-7-9-16-10-8-12-25-21(16)20/h7-15,27H,1-6H3. The Balaban J connectivity index is 2.14. The highest BCUT2D eigenvalue weighted by molar-refractivity contribution is 5.93. The number of benzene rings is 2. The van der Waals surface area contributed by atoms with E-state index in [0.29, 0.717) is 5.75 Å². The predicted molar refractivity (Wildman–Crippen MR) is 115 cm³/mol. The first-order valence-corrected chi connectivity index (χ1v) is 9.33. The normalized spacial score (nSPS) is 12.8. The molecule has 2 aromatic carbocycles. The minimum atomic E-state index is -0.158. The molecule has 0 saturated heterocycles. The Labute approximate surface area is 161 Å². The van der Waals surface area contributed by atoms with Gasteiger partial charge < -0.3 is 5.11 Å². The van der Waals surface area contributed by atoms with Crippen LogP contribution in [0.2, 0.25) is 0 Å². The number of rotatable bonds is 2. The van der Waals surface area contributed by atoms with Gasteiger partial charge in [0.05, 0.1) is 11.2 Å². The van der Waals surface area contributed by atoms with Gasteiger partial charge in [-0.05, 0) is 34.6 Å². The van der Waals surface area contributed by atoms with Crippen molar-refractivity contribution in [2.24, 2.45) is 4.99 Å². The number of hydrogen-bond donors (Lipinski definition) is 1. The zero-order chi connectivity index (χ0) is 19.8. The predicted octanol–water partition coefficient (Wildman–Crippen LogP) is 6.29. The van der Waals surface area contributed by atoms with E-state index in [-0.39, 0.29) is 10.8 Å². The Hall–Kier alpha value is -2.68. The van der Waals surface area contributed by atoms with Crippen LogP contribution in [0.5, 0.6) is 5.75 Å². The van der Waals surface area contributed by atoms with Crippen molar-refractivity contribution in [3.8, 4) is 5.75 Å².